The first-order valence-electron chi connectivity index (χ1n) is 7.88. The van der Waals surface area contributed by atoms with Gasteiger partial charge in [-0.1, -0.05) is 23.7 Å². The number of hydrogen-bond acceptors (Lipinski definition) is 4. The van der Waals surface area contributed by atoms with E-state index < -0.39 is 5.97 Å². The van der Waals surface area contributed by atoms with Crippen molar-refractivity contribution in [3.63, 3.8) is 0 Å². The van der Waals surface area contributed by atoms with Crippen LogP contribution in [0.3, 0.4) is 0 Å². The number of nitrogens with zero attached hydrogens (tertiary/aromatic N) is 1. The molecule has 0 aliphatic carbocycles. The number of ether oxygens (including phenoxy) is 1. The van der Waals surface area contributed by atoms with Crippen molar-refractivity contribution in [1.82, 2.24) is 4.90 Å². The van der Waals surface area contributed by atoms with Gasteiger partial charge >= 0.3 is 5.97 Å². The topological polar surface area (TPSA) is 75.7 Å². The summed E-state index contributed by atoms with van der Waals surface area (Å²) in [6.45, 7) is 1.43. The Morgan fingerprint density at radius 2 is 1.65 bits per heavy atom. The molecule has 0 saturated heterocycles. The molecule has 1 N–H and O–H groups in total. The van der Waals surface area contributed by atoms with Gasteiger partial charge in [0.25, 0.3) is 5.91 Å². The van der Waals surface area contributed by atoms with Crippen LogP contribution in [0.5, 0.6) is 0 Å². The van der Waals surface area contributed by atoms with Crippen LogP contribution >= 0.6 is 11.6 Å². The Morgan fingerprint density at radius 3 is 2.23 bits per heavy atom. The van der Waals surface area contributed by atoms with Crippen molar-refractivity contribution >= 4 is 35.1 Å². The lowest BCUT2D eigenvalue weighted by Crippen LogP contribution is -2.30. The van der Waals surface area contributed by atoms with Gasteiger partial charge in [0, 0.05) is 31.2 Å². The van der Waals surface area contributed by atoms with Gasteiger partial charge in [0.05, 0.1) is 5.56 Å². The Labute approximate surface area is 156 Å². The van der Waals surface area contributed by atoms with Crippen molar-refractivity contribution in [3.05, 3.63) is 64.7 Å². The zero-order valence-electron chi connectivity index (χ0n) is 14.5. The number of likely N-dealkylation sites (N-methyl/N-ethyl adjacent to an activating group) is 1. The second kappa shape index (κ2) is 9.01. The van der Waals surface area contributed by atoms with Gasteiger partial charge in [-0.2, -0.15) is 0 Å². The Balaban J connectivity index is 1.84. The number of nitrogens with one attached hydrogen (secondary N) is 1. The van der Waals surface area contributed by atoms with Crippen LogP contribution in [-0.4, -0.2) is 36.3 Å². The maximum Gasteiger partial charge on any atom is 0.338 e. The van der Waals surface area contributed by atoms with Gasteiger partial charge in [-0.25, -0.2) is 4.79 Å². The molecular formula is C19H19ClN2O4. The third-order valence-electron chi connectivity index (χ3n) is 3.53. The van der Waals surface area contributed by atoms with E-state index in [0.29, 0.717) is 22.8 Å². The Hall–Kier alpha value is -2.86. The summed E-state index contributed by atoms with van der Waals surface area (Å²) in [5.74, 6) is -1.12. The van der Waals surface area contributed by atoms with Crippen molar-refractivity contribution in [2.45, 2.75) is 13.5 Å². The van der Waals surface area contributed by atoms with Crippen molar-refractivity contribution in [2.24, 2.45) is 0 Å². The summed E-state index contributed by atoms with van der Waals surface area (Å²) in [5, 5.41) is 3.23. The van der Waals surface area contributed by atoms with E-state index in [1.807, 2.05) is 12.1 Å². The summed E-state index contributed by atoms with van der Waals surface area (Å²) < 4.78 is 5.05. The molecule has 26 heavy (non-hydrogen) atoms. The summed E-state index contributed by atoms with van der Waals surface area (Å²) >= 11 is 5.83. The molecule has 0 bridgehead atoms. The van der Waals surface area contributed by atoms with E-state index >= 15 is 0 Å². The molecule has 136 valence electrons. The molecule has 0 atom stereocenters. The van der Waals surface area contributed by atoms with Crippen LogP contribution in [0.4, 0.5) is 5.69 Å². The minimum Gasteiger partial charge on any atom is -0.452 e. The highest BCUT2D eigenvalue weighted by Gasteiger charge is 2.14. The third-order valence-corrected chi connectivity index (χ3v) is 3.78. The SMILES string of the molecule is CC(=O)Nc1ccc(C(=O)OCC(=O)N(C)Cc2ccc(Cl)cc2)cc1. The van der Waals surface area contributed by atoms with E-state index in [1.54, 1.807) is 31.3 Å². The second-order valence-corrected chi connectivity index (χ2v) is 6.15. The molecule has 0 fully saturated rings. The molecule has 2 rings (SSSR count). The third kappa shape index (κ3) is 5.89. The Kier molecular flexibility index (Phi) is 6.74. The van der Waals surface area contributed by atoms with Crippen LogP contribution in [0.15, 0.2) is 48.5 Å². The van der Waals surface area contributed by atoms with Crippen molar-refractivity contribution in [2.75, 3.05) is 19.0 Å². The van der Waals surface area contributed by atoms with Crippen molar-refractivity contribution < 1.29 is 19.1 Å². The minimum absolute atomic E-state index is 0.199. The number of amides is 2. The molecule has 0 aliphatic rings. The number of benzene rings is 2. The van der Waals surface area contributed by atoms with Gasteiger partial charge in [-0.05, 0) is 42.0 Å². The predicted molar refractivity (Wildman–Crippen MR) is 99.0 cm³/mol. The predicted octanol–water partition coefficient (Wildman–Crippen LogP) is 3.11. The number of carbonyl (C=O) groups is 3. The summed E-state index contributed by atoms with van der Waals surface area (Å²) in [5.41, 5.74) is 1.80. The van der Waals surface area contributed by atoms with E-state index in [0.717, 1.165) is 5.56 Å². The van der Waals surface area contributed by atoms with Gasteiger partial charge in [0.2, 0.25) is 5.91 Å². The summed E-state index contributed by atoms with van der Waals surface area (Å²) in [6, 6.07) is 13.4. The van der Waals surface area contributed by atoms with E-state index in [1.165, 1.54) is 24.0 Å². The summed E-state index contributed by atoms with van der Waals surface area (Å²) in [7, 11) is 1.63. The Bertz CT molecular complexity index is 788. The van der Waals surface area contributed by atoms with E-state index in [9.17, 15) is 14.4 Å². The van der Waals surface area contributed by atoms with Gasteiger partial charge in [-0.3, -0.25) is 9.59 Å². The zero-order valence-corrected chi connectivity index (χ0v) is 15.2. The molecule has 0 aromatic heterocycles. The van der Waals surface area contributed by atoms with Crippen LogP contribution in [0, 0.1) is 0 Å². The van der Waals surface area contributed by atoms with Crippen LogP contribution in [0.25, 0.3) is 0 Å². The molecule has 2 amide bonds. The monoisotopic (exact) mass is 374 g/mol. The maximum absolute atomic E-state index is 12.1. The highest BCUT2D eigenvalue weighted by atomic mass is 35.5. The van der Waals surface area contributed by atoms with Gasteiger partial charge in [-0.15, -0.1) is 0 Å². The van der Waals surface area contributed by atoms with Crippen molar-refractivity contribution in [3.8, 4) is 0 Å². The fourth-order valence-corrected chi connectivity index (χ4v) is 2.29. The first-order chi connectivity index (χ1) is 12.3. The molecule has 0 aliphatic heterocycles. The Morgan fingerprint density at radius 1 is 1.04 bits per heavy atom. The molecule has 0 heterocycles. The highest BCUT2D eigenvalue weighted by molar-refractivity contribution is 6.30. The summed E-state index contributed by atoms with van der Waals surface area (Å²) in [4.78, 5) is 36.5. The van der Waals surface area contributed by atoms with Gasteiger partial charge < -0.3 is 15.0 Å². The van der Waals surface area contributed by atoms with Crippen LogP contribution in [0.1, 0.15) is 22.8 Å². The fourth-order valence-electron chi connectivity index (χ4n) is 2.17. The molecule has 6 nitrogen and oxygen atoms in total. The van der Waals surface area contributed by atoms with E-state index in [4.69, 9.17) is 16.3 Å². The average molecular weight is 375 g/mol. The van der Waals surface area contributed by atoms with Crippen LogP contribution < -0.4 is 5.32 Å². The normalized spacial score (nSPS) is 10.1. The van der Waals surface area contributed by atoms with Crippen LogP contribution in [0.2, 0.25) is 5.02 Å². The second-order valence-electron chi connectivity index (χ2n) is 5.71. The van der Waals surface area contributed by atoms with Crippen LogP contribution in [-0.2, 0) is 20.9 Å². The van der Waals surface area contributed by atoms with Gasteiger partial charge in [0.1, 0.15) is 0 Å². The number of carbonyl (C=O) groups excluding carboxylic acids is 3. The first kappa shape index (κ1) is 19.5. The maximum atomic E-state index is 12.1. The lowest BCUT2D eigenvalue weighted by atomic mass is 10.2. The number of halogens is 1. The molecule has 0 unspecified atom stereocenters. The number of esters is 1. The fraction of sp³-hybridized carbons (Fsp3) is 0.211. The molecule has 0 saturated carbocycles. The molecule has 2 aromatic carbocycles. The largest absolute Gasteiger partial charge is 0.452 e. The molecule has 7 heteroatoms. The number of hydrogen-bond donors (Lipinski definition) is 1. The van der Waals surface area contributed by atoms with E-state index in [-0.39, 0.29) is 18.4 Å². The molecule has 0 radical (unpaired) electrons. The average Bonchev–Trinajstić information content (AvgIpc) is 2.61. The molecule has 2 aromatic rings. The highest BCUT2D eigenvalue weighted by Crippen LogP contribution is 2.12. The lowest BCUT2D eigenvalue weighted by molar-refractivity contribution is -0.133. The lowest BCUT2D eigenvalue weighted by Gasteiger charge is -2.17. The standard InChI is InChI=1S/C19H19ClN2O4/c1-13(23)21-17-9-5-15(6-10-17)19(25)26-12-18(24)22(2)11-14-3-7-16(20)8-4-14/h3-10H,11-12H2,1-2H3,(H,21,23). The quantitative estimate of drug-likeness (QED) is 0.788. The van der Waals surface area contributed by atoms with Gasteiger partial charge in [0.15, 0.2) is 6.61 Å². The zero-order chi connectivity index (χ0) is 19.1. The smallest absolute Gasteiger partial charge is 0.338 e. The van der Waals surface area contributed by atoms with Crippen molar-refractivity contribution in [1.29, 1.82) is 0 Å². The molecular weight excluding hydrogens is 356 g/mol. The minimum atomic E-state index is -0.604. The molecule has 0 spiro atoms. The van der Waals surface area contributed by atoms with E-state index in [2.05, 4.69) is 5.32 Å². The summed E-state index contributed by atoms with van der Waals surface area (Å²) in [6.07, 6.45) is 0. The first-order valence-corrected chi connectivity index (χ1v) is 8.26. The number of anilines is 1. The number of rotatable bonds is 6.